The zero-order valence-electron chi connectivity index (χ0n) is 13.9. The highest BCUT2D eigenvalue weighted by Gasteiger charge is 2.35. The fourth-order valence-electron chi connectivity index (χ4n) is 3.26. The highest BCUT2D eigenvalue weighted by Crippen LogP contribution is 2.40. The number of benzene rings is 1. The average Bonchev–Trinajstić information content (AvgIpc) is 2.91. The van der Waals surface area contributed by atoms with Gasteiger partial charge < -0.3 is 10.2 Å². The second-order valence-electron chi connectivity index (χ2n) is 6.69. The summed E-state index contributed by atoms with van der Waals surface area (Å²) in [6, 6.07) is 7.22. The Balaban J connectivity index is 2.20. The fourth-order valence-corrected chi connectivity index (χ4v) is 3.61. The van der Waals surface area contributed by atoms with Gasteiger partial charge in [0.05, 0.1) is 0 Å². The minimum atomic E-state index is 0.519. The van der Waals surface area contributed by atoms with E-state index in [9.17, 15) is 0 Å². The fraction of sp³-hybridized carbons (Fsp3) is 0.667. The molecule has 21 heavy (non-hydrogen) atoms. The molecule has 0 saturated carbocycles. The van der Waals surface area contributed by atoms with Gasteiger partial charge in [0.2, 0.25) is 0 Å². The minimum absolute atomic E-state index is 0.519. The molecule has 0 radical (unpaired) electrons. The molecule has 1 fully saturated rings. The summed E-state index contributed by atoms with van der Waals surface area (Å²) in [4.78, 5) is 2.59. The van der Waals surface area contributed by atoms with Crippen LogP contribution in [-0.2, 0) is 6.54 Å². The van der Waals surface area contributed by atoms with Crippen LogP contribution < -0.4 is 10.2 Å². The maximum atomic E-state index is 3.64. The van der Waals surface area contributed by atoms with Crippen molar-refractivity contribution < 1.29 is 0 Å². The van der Waals surface area contributed by atoms with Crippen LogP contribution in [0.2, 0.25) is 0 Å². The highest BCUT2D eigenvalue weighted by molar-refractivity contribution is 9.10. The van der Waals surface area contributed by atoms with E-state index in [1.807, 2.05) is 0 Å². The van der Waals surface area contributed by atoms with Crippen molar-refractivity contribution in [3.8, 4) is 0 Å². The summed E-state index contributed by atoms with van der Waals surface area (Å²) in [5.41, 5.74) is 3.33. The van der Waals surface area contributed by atoms with Crippen LogP contribution in [0.15, 0.2) is 22.7 Å². The van der Waals surface area contributed by atoms with Crippen LogP contribution in [0, 0.1) is 5.41 Å². The van der Waals surface area contributed by atoms with Gasteiger partial charge in [-0.05, 0) is 42.4 Å². The van der Waals surface area contributed by atoms with Crippen molar-refractivity contribution in [1.82, 2.24) is 5.32 Å². The Morgan fingerprint density at radius 2 is 2.00 bits per heavy atom. The van der Waals surface area contributed by atoms with Crippen molar-refractivity contribution in [3.05, 3.63) is 28.2 Å². The number of nitrogens with one attached hydrogen (secondary N) is 1. The standard InChI is InChI=1S/C18H29BrN2/c1-5-18(6-2)9-10-21(13-18)17-11-16(19)8-7-15(17)12-20-14(3)4/h7-8,11,14,20H,5-6,9-10,12-13H2,1-4H3. The lowest BCUT2D eigenvalue weighted by molar-refractivity contribution is 0.301. The lowest BCUT2D eigenvalue weighted by Crippen LogP contribution is -2.28. The molecule has 1 heterocycles. The van der Waals surface area contributed by atoms with Crippen LogP contribution in [0.3, 0.4) is 0 Å². The Hall–Kier alpha value is -0.540. The Labute approximate surface area is 138 Å². The molecule has 0 aromatic heterocycles. The maximum absolute atomic E-state index is 3.64. The molecule has 1 aliphatic heterocycles. The predicted octanol–water partition coefficient (Wildman–Crippen LogP) is 4.96. The third-order valence-electron chi connectivity index (χ3n) is 5.03. The topological polar surface area (TPSA) is 15.3 Å². The van der Waals surface area contributed by atoms with Crippen LogP contribution in [0.5, 0.6) is 0 Å². The van der Waals surface area contributed by atoms with Crippen LogP contribution in [0.1, 0.15) is 52.5 Å². The summed E-state index contributed by atoms with van der Waals surface area (Å²) in [5, 5.41) is 3.55. The first kappa shape index (κ1) is 16.8. The Morgan fingerprint density at radius 1 is 1.29 bits per heavy atom. The van der Waals surface area contributed by atoms with E-state index < -0.39 is 0 Å². The smallest absolute Gasteiger partial charge is 0.0423 e. The van der Waals surface area contributed by atoms with Gasteiger partial charge in [0.1, 0.15) is 0 Å². The van der Waals surface area contributed by atoms with Gasteiger partial charge in [-0.3, -0.25) is 0 Å². The molecule has 2 nitrogen and oxygen atoms in total. The first-order valence-electron chi connectivity index (χ1n) is 8.26. The molecule has 1 aromatic rings. The number of nitrogens with zero attached hydrogens (tertiary/aromatic N) is 1. The molecule has 2 rings (SSSR count). The van der Waals surface area contributed by atoms with Crippen molar-refractivity contribution in [2.24, 2.45) is 5.41 Å². The van der Waals surface area contributed by atoms with Gasteiger partial charge in [-0.1, -0.05) is 49.7 Å². The molecule has 0 amide bonds. The molecule has 0 aliphatic carbocycles. The number of hydrogen-bond acceptors (Lipinski definition) is 2. The van der Waals surface area contributed by atoms with Crippen molar-refractivity contribution in [2.45, 2.75) is 59.5 Å². The van der Waals surface area contributed by atoms with E-state index in [4.69, 9.17) is 0 Å². The van der Waals surface area contributed by atoms with Crippen molar-refractivity contribution in [3.63, 3.8) is 0 Å². The van der Waals surface area contributed by atoms with E-state index in [1.165, 1.54) is 48.1 Å². The monoisotopic (exact) mass is 352 g/mol. The molecule has 3 heteroatoms. The van der Waals surface area contributed by atoms with Gasteiger partial charge >= 0.3 is 0 Å². The van der Waals surface area contributed by atoms with Crippen LogP contribution >= 0.6 is 15.9 Å². The molecule has 0 atom stereocenters. The minimum Gasteiger partial charge on any atom is -0.371 e. The first-order valence-corrected chi connectivity index (χ1v) is 9.05. The predicted molar refractivity (Wildman–Crippen MR) is 96.0 cm³/mol. The molecular weight excluding hydrogens is 324 g/mol. The Morgan fingerprint density at radius 3 is 2.57 bits per heavy atom. The van der Waals surface area contributed by atoms with E-state index in [0.717, 1.165) is 6.54 Å². The molecular formula is C18H29BrN2. The second-order valence-corrected chi connectivity index (χ2v) is 7.60. The quantitative estimate of drug-likeness (QED) is 0.777. The van der Waals surface area contributed by atoms with Crippen molar-refractivity contribution >= 4 is 21.6 Å². The zero-order chi connectivity index (χ0) is 15.5. The van der Waals surface area contributed by atoms with E-state index in [-0.39, 0.29) is 0 Å². The normalized spacial score (nSPS) is 17.7. The van der Waals surface area contributed by atoms with E-state index in [2.05, 4.69) is 72.0 Å². The lowest BCUT2D eigenvalue weighted by Gasteiger charge is -2.28. The summed E-state index contributed by atoms with van der Waals surface area (Å²) in [6.07, 6.45) is 3.89. The summed E-state index contributed by atoms with van der Waals surface area (Å²) in [5.74, 6) is 0. The molecule has 1 saturated heterocycles. The third kappa shape index (κ3) is 4.01. The largest absolute Gasteiger partial charge is 0.371 e. The average molecular weight is 353 g/mol. The SMILES string of the molecule is CCC1(CC)CCN(c2cc(Br)ccc2CNC(C)C)C1. The summed E-state index contributed by atoms with van der Waals surface area (Å²) in [6.45, 7) is 12.4. The molecule has 1 aliphatic rings. The number of anilines is 1. The van der Waals surface area contributed by atoms with E-state index in [0.29, 0.717) is 11.5 Å². The number of rotatable bonds is 6. The van der Waals surface area contributed by atoms with E-state index in [1.54, 1.807) is 0 Å². The first-order chi connectivity index (χ1) is 9.99. The summed E-state index contributed by atoms with van der Waals surface area (Å²) in [7, 11) is 0. The zero-order valence-corrected chi connectivity index (χ0v) is 15.5. The molecule has 1 N–H and O–H groups in total. The molecule has 118 valence electrons. The van der Waals surface area contributed by atoms with Crippen LogP contribution in [0.4, 0.5) is 5.69 Å². The van der Waals surface area contributed by atoms with Gasteiger partial charge in [-0.15, -0.1) is 0 Å². The summed E-state index contributed by atoms with van der Waals surface area (Å²) >= 11 is 3.64. The third-order valence-corrected chi connectivity index (χ3v) is 5.52. The van der Waals surface area contributed by atoms with Gasteiger partial charge in [-0.25, -0.2) is 0 Å². The number of hydrogen-bond donors (Lipinski definition) is 1. The number of halogens is 1. The van der Waals surface area contributed by atoms with Gasteiger partial charge in [0.25, 0.3) is 0 Å². The highest BCUT2D eigenvalue weighted by atomic mass is 79.9. The van der Waals surface area contributed by atoms with Gasteiger partial charge in [0, 0.05) is 35.8 Å². The molecule has 1 aromatic carbocycles. The summed E-state index contributed by atoms with van der Waals surface area (Å²) < 4.78 is 1.18. The van der Waals surface area contributed by atoms with Gasteiger partial charge in [-0.2, -0.15) is 0 Å². The molecule has 0 unspecified atom stereocenters. The van der Waals surface area contributed by atoms with E-state index >= 15 is 0 Å². The Bertz CT molecular complexity index is 466. The Kier molecular flexibility index (Phi) is 5.73. The maximum Gasteiger partial charge on any atom is 0.0423 e. The molecule has 0 spiro atoms. The lowest BCUT2D eigenvalue weighted by atomic mass is 9.82. The second kappa shape index (κ2) is 7.15. The van der Waals surface area contributed by atoms with Gasteiger partial charge in [0.15, 0.2) is 0 Å². The molecule has 0 bridgehead atoms. The van der Waals surface area contributed by atoms with Crippen molar-refractivity contribution in [2.75, 3.05) is 18.0 Å². The van der Waals surface area contributed by atoms with Crippen molar-refractivity contribution in [1.29, 1.82) is 0 Å². The van der Waals surface area contributed by atoms with Crippen LogP contribution in [-0.4, -0.2) is 19.1 Å². The van der Waals surface area contributed by atoms with Crippen LogP contribution in [0.25, 0.3) is 0 Å².